The zero-order chi connectivity index (χ0) is 18.0. The number of carbonyl (C=O) groups is 1. The fraction of sp³-hybridized carbons (Fsp3) is 0.353. The molecule has 25 heavy (non-hydrogen) atoms. The van der Waals surface area contributed by atoms with Gasteiger partial charge in [0, 0.05) is 16.6 Å². The van der Waals surface area contributed by atoms with Gasteiger partial charge in [-0.15, -0.1) is 11.8 Å². The topological polar surface area (TPSA) is 61.2 Å². The lowest BCUT2D eigenvalue weighted by atomic mass is 10.3. The van der Waals surface area contributed by atoms with Crippen molar-refractivity contribution in [2.45, 2.75) is 35.6 Å². The van der Waals surface area contributed by atoms with E-state index in [1.54, 1.807) is 30.2 Å². The third-order valence-electron chi connectivity index (χ3n) is 3.65. The minimum Gasteiger partial charge on any atom is -0.465 e. The Hall–Kier alpha value is -1.25. The number of rotatable bonds is 5. The third-order valence-corrected chi connectivity index (χ3v) is 6.32. The van der Waals surface area contributed by atoms with Crippen LogP contribution >= 0.6 is 39.5 Å². The molecule has 0 radical (unpaired) electrons. The number of hydrogen-bond donors (Lipinski definition) is 0. The number of aryl methyl sites for hydroxylation is 1. The van der Waals surface area contributed by atoms with Crippen molar-refractivity contribution in [2.75, 3.05) is 12.4 Å². The zero-order valence-corrected chi connectivity index (χ0v) is 17.0. The zero-order valence-electron chi connectivity index (χ0n) is 13.8. The van der Waals surface area contributed by atoms with Crippen LogP contribution in [0.5, 0.6) is 0 Å². The Balaban J connectivity index is 2.07. The molecule has 0 fully saturated rings. The lowest BCUT2D eigenvalue weighted by Gasteiger charge is -2.16. The number of nitrogens with zero attached hydrogens (tertiary/aromatic N) is 2. The molecule has 0 N–H and O–H groups in total. The molecule has 0 amide bonds. The van der Waals surface area contributed by atoms with Crippen LogP contribution < -0.4 is 5.56 Å². The maximum atomic E-state index is 13.0. The lowest BCUT2D eigenvalue weighted by molar-refractivity contribution is -0.142. The Kier molecular flexibility index (Phi) is 5.91. The van der Waals surface area contributed by atoms with E-state index in [0.29, 0.717) is 16.7 Å². The minimum atomic E-state index is -0.444. The molecule has 1 atom stereocenters. The van der Waals surface area contributed by atoms with Gasteiger partial charge in [-0.2, -0.15) is 0 Å². The number of halogens is 1. The molecule has 0 unspecified atom stereocenters. The molecule has 0 bridgehead atoms. The molecule has 0 saturated heterocycles. The molecule has 3 rings (SSSR count). The first-order chi connectivity index (χ1) is 12.0. The number of aromatic nitrogens is 2. The summed E-state index contributed by atoms with van der Waals surface area (Å²) in [5.74, 6) is 0.554. The minimum absolute atomic E-state index is 0.0756. The van der Waals surface area contributed by atoms with Gasteiger partial charge < -0.3 is 4.74 Å². The highest BCUT2D eigenvalue weighted by Crippen LogP contribution is 2.31. The molecule has 5 nitrogen and oxygen atoms in total. The van der Waals surface area contributed by atoms with Crippen LogP contribution in [0.25, 0.3) is 5.69 Å². The number of esters is 1. The molecule has 2 heterocycles. The number of benzene rings is 1. The molecule has 8 heteroatoms. The molecule has 0 aliphatic carbocycles. The summed E-state index contributed by atoms with van der Waals surface area (Å²) in [4.78, 5) is 30.4. The van der Waals surface area contributed by atoms with Crippen molar-refractivity contribution < 1.29 is 9.53 Å². The predicted octanol–water partition coefficient (Wildman–Crippen LogP) is 3.69. The summed E-state index contributed by atoms with van der Waals surface area (Å²) in [6, 6.07) is 7.48. The van der Waals surface area contributed by atoms with Crippen molar-refractivity contribution >= 4 is 45.4 Å². The normalized spacial score (nSPS) is 14.2. The second kappa shape index (κ2) is 7.97. The summed E-state index contributed by atoms with van der Waals surface area (Å²) >= 11 is 6.20. The van der Waals surface area contributed by atoms with Crippen molar-refractivity contribution in [3.05, 3.63) is 44.8 Å². The second-order valence-corrected chi connectivity index (χ2v) is 8.73. The summed E-state index contributed by atoms with van der Waals surface area (Å²) in [5, 5.41) is 0.0785. The van der Waals surface area contributed by atoms with E-state index in [4.69, 9.17) is 4.74 Å². The molecule has 1 aromatic heterocycles. The number of thioether (sulfide) groups is 2. The Bertz CT molecular complexity index is 852. The van der Waals surface area contributed by atoms with Crippen LogP contribution in [0.4, 0.5) is 0 Å². The van der Waals surface area contributed by atoms with Crippen LogP contribution in [0, 0.1) is 0 Å². The highest BCUT2D eigenvalue weighted by atomic mass is 79.9. The summed E-state index contributed by atoms with van der Waals surface area (Å²) in [6.45, 7) is 3.87. The summed E-state index contributed by atoms with van der Waals surface area (Å²) in [7, 11) is 0. The first-order valence-electron chi connectivity index (χ1n) is 7.89. The Morgan fingerprint density at radius 1 is 1.44 bits per heavy atom. The molecule has 0 spiro atoms. The van der Waals surface area contributed by atoms with Gasteiger partial charge >= 0.3 is 5.97 Å². The van der Waals surface area contributed by atoms with Gasteiger partial charge in [0.1, 0.15) is 5.25 Å². The third kappa shape index (κ3) is 3.96. The fourth-order valence-corrected chi connectivity index (χ4v) is 4.69. The standard InChI is InChI=1S/C17H17BrN2O3S2/c1-3-23-16(22)10(2)25-17-19-13-8-9-24-14(13)15(21)20(17)12-6-4-11(18)5-7-12/h4-7,10H,3,8-9H2,1-2H3/t10-/m1/s1. The number of carbonyl (C=O) groups excluding carboxylic acids is 1. The number of fused-ring (bicyclic) bond motifs is 1. The lowest BCUT2D eigenvalue weighted by Crippen LogP contribution is -2.25. The summed E-state index contributed by atoms with van der Waals surface area (Å²) in [5.41, 5.74) is 1.48. The van der Waals surface area contributed by atoms with Crippen molar-refractivity contribution in [2.24, 2.45) is 0 Å². The monoisotopic (exact) mass is 440 g/mol. The van der Waals surface area contributed by atoms with Gasteiger partial charge in [-0.3, -0.25) is 14.2 Å². The van der Waals surface area contributed by atoms with Crippen molar-refractivity contribution in [1.82, 2.24) is 9.55 Å². The molecular weight excluding hydrogens is 424 g/mol. The van der Waals surface area contributed by atoms with E-state index in [1.807, 2.05) is 24.3 Å². The number of ether oxygens (including phenoxy) is 1. The van der Waals surface area contributed by atoms with E-state index in [0.717, 1.165) is 28.0 Å². The van der Waals surface area contributed by atoms with E-state index >= 15 is 0 Å². The Labute approximate surface area is 162 Å². The van der Waals surface area contributed by atoms with Crippen LogP contribution in [0.1, 0.15) is 19.5 Å². The van der Waals surface area contributed by atoms with E-state index in [-0.39, 0.29) is 11.5 Å². The largest absolute Gasteiger partial charge is 0.465 e. The second-order valence-electron chi connectivity index (χ2n) is 5.40. The van der Waals surface area contributed by atoms with Gasteiger partial charge in [-0.1, -0.05) is 27.7 Å². The maximum Gasteiger partial charge on any atom is 0.319 e. The Morgan fingerprint density at radius 3 is 2.84 bits per heavy atom. The van der Waals surface area contributed by atoms with Crippen molar-refractivity contribution in [1.29, 1.82) is 0 Å². The van der Waals surface area contributed by atoms with Gasteiger partial charge in [0.2, 0.25) is 0 Å². The molecule has 1 aromatic carbocycles. The van der Waals surface area contributed by atoms with Crippen molar-refractivity contribution in [3.63, 3.8) is 0 Å². The molecule has 1 aliphatic rings. The summed E-state index contributed by atoms with van der Waals surface area (Å²) < 4.78 is 7.59. The van der Waals surface area contributed by atoms with E-state index in [2.05, 4.69) is 20.9 Å². The van der Waals surface area contributed by atoms with Crippen LogP contribution in [0.15, 0.2) is 43.6 Å². The van der Waals surface area contributed by atoms with Gasteiger partial charge in [-0.25, -0.2) is 4.98 Å². The fourth-order valence-electron chi connectivity index (χ4n) is 2.46. The predicted molar refractivity (Wildman–Crippen MR) is 104 cm³/mol. The first kappa shape index (κ1) is 18.5. The average Bonchev–Trinajstić information content (AvgIpc) is 3.05. The molecule has 132 valence electrons. The highest BCUT2D eigenvalue weighted by molar-refractivity contribution is 9.10. The van der Waals surface area contributed by atoms with E-state index in [9.17, 15) is 9.59 Å². The van der Waals surface area contributed by atoms with Crippen LogP contribution in [-0.2, 0) is 16.0 Å². The van der Waals surface area contributed by atoms with E-state index in [1.165, 1.54) is 11.8 Å². The van der Waals surface area contributed by atoms with Crippen LogP contribution in [0.2, 0.25) is 0 Å². The molecule has 2 aromatic rings. The molecule has 0 saturated carbocycles. The highest BCUT2D eigenvalue weighted by Gasteiger charge is 2.25. The first-order valence-corrected chi connectivity index (χ1v) is 10.5. The van der Waals surface area contributed by atoms with Crippen LogP contribution in [-0.4, -0.2) is 33.1 Å². The van der Waals surface area contributed by atoms with Gasteiger partial charge in [0.05, 0.1) is 22.9 Å². The average molecular weight is 441 g/mol. The quantitative estimate of drug-likeness (QED) is 0.401. The number of hydrogen-bond acceptors (Lipinski definition) is 6. The van der Waals surface area contributed by atoms with Gasteiger partial charge in [0.25, 0.3) is 5.56 Å². The smallest absolute Gasteiger partial charge is 0.319 e. The maximum absolute atomic E-state index is 13.0. The SMILES string of the molecule is CCOC(=O)[C@@H](C)Sc1nc2c(c(=O)n1-c1ccc(Br)cc1)SCC2. The Morgan fingerprint density at radius 2 is 2.16 bits per heavy atom. The van der Waals surface area contributed by atoms with E-state index < -0.39 is 5.25 Å². The van der Waals surface area contributed by atoms with Crippen molar-refractivity contribution in [3.8, 4) is 5.69 Å². The van der Waals surface area contributed by atoms with Gasteiger partial charge in [0.15, 0.2) is 5.16 Å². The molecular formula is C17H17BrN2O3S2. The van der Waals surface area contributed by atoms with Gasteiger partial charge in [-0.05, 0) is 38.1 Å². The molecule has 1 aliphatic heterocycles. The van der Waals surface area contributed by atoms with Crippen LogP contribution in [0.3, 0.4) is 0 Å². The summed E-state index contributed by atoms with van der Waals surface area (Å²) in [6.07, 6.45) is 0.776.